The van der Waals surface area contributed by atoms with Gasteiger partial charge in [-0.25, -0.2) is 9.78 Å². The molecule has 0 bridgehead atoms. The predicted molar refractivity (Wildman–Crippen MR) is 47.4 cm³/mol. The minimum Gasteiger partial charge on any atom is -0.476 e. The smallest absolute Gasteiger partial charge is 0.356 e. The number of hydrogen-bond donors (Lipinski definition) is 1. The van der Waals surface area contributed by atoms with Gasteiger partial charge in [0.05, 0.1) is 6.20 Å². The van der Waals surface area contributed by atoms with Gasteiger partial charge < -0.3 is 5.11 Å². The van der Waals surface area contributed by atoms with E-state index >= 15 is 0 Å². The normalized spacial score (nSPS) is 12.2. The first-order chi connectivity index (χ1) is 6.89. The summed E-state index contributed by atoms with van der Waals surface area (Å²) >= 11 is 0.670. The fourth-order valence-electron chi connectivity index (χ4n) is 1.02. The molecule has 0 aliphatic heterocycles. The number of hydrogen-bond acceptors (Lipinski definition) is 4. The number of fused-ring (bicyclic) bond motifs is 1. The Morgan fingerprint density at radius 1 is 1.67 bits per heavy atom. The number of rotatable bonds is 2. The van der Waals surface area contributed by atoms with Crippen molar-refractivity contribution in [3.8, 4) is 0 Å². The van der Waals surface area contributed by atoms with Gasteiger partial charge in [0.15, 0.2) is 10.7 Å². The van der Waals surface area contributed by atoms with Crippen LogP contribution in [0.5, 0.6) is 0 Å². The Bertz CT molecular complexity index is 528. The summed E-state index contributed by atoms with van der Waals surface area (Å²) in [6.45, 7) is 0.700. The van der Waals surface area contributed by atoms with Crippen molar-refractivity contribution < 1.29 is 18.7 Å². The summed E-state index contributed by atoms with van der Waals surface area (Å²) in [7, 11) is 0. The molecule has 2 aromatic heterocycles. The fraction of sp³-hybridized carbons (Fsp3) is 0.286. The minimum absolute atomic E-state index is 0.143. The van der Waals surface area contributed by atoms with Crippen molar-refractivity contribution in [2.24, 2.45) is 0 Å². The van der Waals surface area contributed by atoms with Crippen molar-refractivity contribution in [3.05, 3.63) is 16.9 Å². The molecule has 0 radical (unpaired) electrons. The molecule has 80 valence electrons. The first-order valence-corrected chi connectivity index (χ1v) is 4.67. The molecule has 0 saturated heterocycles. The van der Waals surface area contributed by atoms with Gasteiger partial charge in [-0.15, -0.1) is 0 Å². The van der Waals surface area contributed by atoms with E-state index in [0.717, 1.165) is 10.7 Å². The SMILES string of the molecule is CC(F)(F)c1nn2c(C(=O)O)cnc2s1. The predicted octanol–water partition coefficient (Wildman–Crippen LogP) is 1.60. The molecule has 5 nitrogen and oxygen atoms in total. The second-order valence-corrected chi connectivity index (χ2v) is 3.89. The van der Waals surface area contributed by atoms with Gasteiger partial charge in [0, 0.05) is 6.92 Å². The maximum absolute atomic E-state index is 12.9. The summed E-state index contributed by atoms with van der Waals surface area (Å²) in [6.07, 6.45) is 1.08. The van der Waals surface area contributed by atoms with Crippen molar-refractivity contribution >= 4 is 22.3 Å². The summed E-state index contributed by atoms with van der Waals surface area (Å²) in [4.78, 5) is 14.5. The lowest BCUT2D eigenvalue weighted by Gasteiger charge is -2.02. The Kier molecular flexibility index (Phi) is 1.97. The highest BCUT2D eigenvalue weighted by atomic mass is 32.1. The fourth-order valence-corrected chi connectivity index (χ4v) is 1.82. The van der Waals surface area contributed by atoms with E-state index in [4.69, 9.17) is 5.11 Å². The number of carbonyl (C=O) groups is 1. The molecule has 2 rings (SSSR count). The number of carboxylic acid groups (broad SMARTS) is 1. The second-order valence-electron chi connectivity index (χ2n) is 2.94. The zero-order valence-corrected chi connectivity index (χ0v) is 8.26. The first kappa shape index (κ1) is 9.97. The molecule has 15 heavy (non-hydrogen) atoms. The lowest BCUT2D eigenvalue weighted by molar-refractivity contribution is 0.0162. The Hall–Kier alpha value is -1.57. The topological polar surface area (TPSA) is 67.5 Å². The number of carboxylic acids is 1. The van der Waals surface area contributed by atoms with Crippen molar-refractivity contribution in [1.82, 2.24) is 14.6 Å². The maximum atomic E-state index is 12.9. The third-order valence-electron chi connectivity index (χ3n) is 1.68. The standard InChI is InChI=1S/C7H5F2N3O2S/c1-7(8,9)5-11-12-3(4(13)14)2-10-6(12)15-5/h2H,1H3,(H,13,14). The van der Waals surface area contributed by atoms with E-state index in [1.165, 1.54) is 0 Å². The Balaban J connectivity index is 2.62. The number of aromatic nitrogens is 3. The van der Waals surface area contributed by atoms with Crippen LogP contribution in [-0.4, -0.2) is 25.7 Å². The van der Waals surface area contributed by atoms with E-state index in [0.29, 0.717) is 18.3 Å². The molecule has 0 unspecified atom stereocenters. The zero-order valence-electron chi connectivity index (χ0n) is 7.44. The number of imidazole rings is 1. The molecule has 1 N–H and O–H groups in total. The molecule has 0 aliphatic rings. The van der Waals surface area contributed by atoms with E-state index in [1.807, 2.05) is 0 Å². The number of nitrogens with zero attached hydrogens (tertiary/aromatic N) is 3. The van der Waals surface area contributed by atoms with Gasteiger partial charge in [-0.2, -0.15) is 18.4 Å². The summed E-state index contributed by atoms with van der Waals surface area (Å²) in [5.74, 6) is -4.33. The van der Waals surface area contributed by atoms with Gasteiger partial charge in [0.1, 0.15) is 0 Å². The largest absolute Gasteiger partial charge is 0.476 e. The highest BCUT2D eigenvalue weighted by Crippen LogP contribution is 2.30. The molecule has 0 aromatic carbocycles. The molecule has 0 spiro atoms. The molecule has 2 heterocycles. The number of halogens is 2. The molecule has 8 heteroatoms. The van der Waals surface area contributed by atoms with E-state index in [-0.39, 0.29) is 10.7 Å². The molecule has 0 fully saturated rings. The van der Waals surface area contributed by atoms with E-state index < -0.39 is 16.9 Å². The Labute approximate surface area is 86.0 Å². The Morgan fingerprint density at radius 2 is 2.33 bits per heavy atom. The van der Waals surface area contributed by atoms with Crippen LogP contribution >= 0.6 is 11.3 Å². The van der Waals surface area contributed by atoms with Crippen LogP contribution in [0.2, 0.25) is 0 Å². The number of aromatic carboxylic acids is 1. The van der Waals surface area contributed by atoms with E-state index in [1.54, 1.807) is 0 Å². The van der Waals surface area contributed by atoms with Gasteiger partial charge >= 0.3 is 5.97 Å². The van der Waals surface area contributed by atoms with Gasteiger partial charge in [-0.05, 0) is 0 Å². The monoisotopic (exact) mass is 233 g/mol. The second kappa shape index (κ2) is 2.96. The van der Waals surface area contributed by atoms with Crippen LogP contribution < -0.4 is 0 Å². The summed E-state index contributed by atoms with van der Waals surface area (Å²) < 4.78 is 26.6. The average molecular weight is 233 g/mol. The summed E-state index contributed by atoms with van der Waals surface area (Å²) in [5, 5.41) is 11.8. The van der Waals surface area contributed by atoms with Gasteiger partial charge in [-0.3, -0.25) is 0 Å². The molecule has 0 saturated carbocycles. The van der Waals surface area contributed by atoms with Crippen LogP contribution in [-0.2, 0) is 5.92 Å². The van der Waals surface area contributed by atoms with Gasteiger partial charge in [0.2, 0.25) is 4.96 Å². The molecular formula is C7H5F2N3O2S. The highest BCUT2D eigenvalue weighted by Gasteiger charge is 2.30. The van der Waals surface area contributed by atoms with Crippen molar-refractivity contribution in [2.45, 2.75) is 12.8 Å². The lowest BCUT2D eigenvalue weighted by Crippen LogP contribution is -2.08. The van der Waals surface area contributed by atoms with Crippen molar-refractivity contribution in [1.29, 1.82) is 0 Å². The van der Waals surface area contributed by atoms with Crippen molar-refractivity contribution in [2.75, 3.05) is 0 Å². The summed E-state index contributed by atoms with van der Waals surface area (Å²) in [5.41, 5.74) is -0.225. The zero-order chi connectivity index (χ0) is 11.2. The quantitative estimate of drug-likeness (QED) is 0.855. The van der Waals surface area contributed by atoms with Crippen LogP contribution in [0.3, 0.4) is 0 Å². The molecule has 2 aromatic rings. The van der Waals surface area contributed by atoms with Crippen LogP contribution in [0.15, 0.2) is 6.20 Å². The highest BCUT2D eigenvalue weighted by molar-refractivity contribution is 7.16. The molecule has 0 atom stereocenters. The van der Waals surface area contributed by atoms with Crippen LogP contribution in [0.25, 0.3) is 4.96 Å². The van der Waals surface area contributed by atoms with Gasteiger partial charge in [0.25, 0.3) is 5.92 Å². The lowest BCUT2D eigenvalue weighted by atomic mass is 10.4. The average Bonchev–Trinajstić information content (AvgIpc) is 2.56. The Morgan fingerprint density at radius 3 is 2.87 bits per heavy atom. The molecule has 0 amide bonds. The maximum Gasteiger partial charge on any atom is 0.356 e. The van der Waals surface area contributed by atoms with Crippen LogP contribution in [0.1, 0.15) is 22.4 Å². The first-order valence-electron chi connectivity index (χ1n) is 3.86. The van der Waals surface area contributed by atoms with E-state index in [9.17, 15) is 13.6 Å². The number of alkyl halides is 2. The van der Waals surface area contributed by atoms with Crippen LogP contribution in [0, 0.1) is 0 Å². The van der Waals surface area contributed by atoms with E-state index in [2.05, 4.69) is 10.1 Å². The third kappa shape index (κ3) is 1.56. The third-order valence-corrected chi connectivity index (χ3v) is 2.77. The minimum atomic E-state index is -3.08. The van der Waals surface area contributed by atoms with Crippen molar-refractivity contribution in [3.63, 3.8) is 0 Å². The molecular weight excluding hydrogens is 228 g/mol. The van der Waals surface area contributed by atoms with Crippen LogP contribution in [0.4, 0.5) is 8.78 Å². The summed E-state index contributed by atoms with van der Waals surface area (Å²) in [6, 6.07) is 0. The molecule has 0 aliphatic carbocycles. The van der Waals surface area contributed by atoms with Gasteiger partial charge in [-0.1, -0.05) is 11.3 Å².